The van der Waals surface area contributed by atoms with Gasteiger partial charge < -0.3 is 24.6 Å². The molecule has 3 aromatic rings. The van der Waals surface area contributed by atoms with Crippen LogP contribution in [0.4, 0.5) is 0 Å². The van der Waals surface area contributed by atoms with Gasteiger partial charge in [-0.1, -0.05) is 23.7 Å². The fraction of sp³-hybridized carbons (Fsp3) is 0.208. The van der Waals surface area contributed by atoms with Crippen molar-refractivity contribution in [3.8, 4) is 23.0 Å². The van der Waals surface area contributed by atoms with Gasteiger partial charge in [0.05, 0.1) is 7.11 Å². The maximum atomic E-state index is 12.5. The predicted molar refractivity (Wildman–Crippen MR) is 122 cm³/mol. The number of pyridine rings is 1. The molecule has 0 aliphatic carbocycles. The van der Waals surface area contributed by atoms with E-state index in [1.165, 1.54) is 26.3 Å². The molecule has 0 bridgehead atoms. The average Bonchev–Trinajstić information content (AvgIpc) is 2.80. The summed E-state index contributed by atoms with van der Waals surface area (Å²) in [5.41, 5.74) is 0.453. The van der Waals surface area contributed by atoms with E-state index in [1.807, 2.05) is 0 Å². The van der Waals surface area contributed by atoms with Crippen molar-refractivity contribution < 1.29 is 28.9 Å². The van der Waals surface area contributed by atoms with Crippen molar-refractivity contribution in [1.29, 1.82) is 0 Å². The number of ether oxygens (including phenoxy) is 3. The Kier molecular flexibility index (Phi) is 7.74. The van der Waals surface area contributed by atoms with Gasteiger partial charge in [-0.25, -0.2) is 9.78 Å². The number of halogens is 1. The number of benzene rings is 2. The van der Waals surface area contributed by atoms with Gasteiger partial charge in [-0.2, -0.15) is 0 Å². The minimum atomic E-state index is -0.985. The van der Waals surface area contributed by atoms with Gasteiger partial charge in [0.25, 0.3) is 5.91 Å². The summed E-state index contributed by atoms with van der Waals surface area (Å²) in [5.74, 6) is -0.515. The van der Waals surface area contributed by atoms with Gasteiger partial charge in [0.2, 0.25) is 0 Å². The van der Waals surface area contributed by atoms with Crippen LogP contribution in [-0.4, -0.2) is 35.1 Å². The molecule has 0 spiro atoms. The van der Waals surface area contributed by atoms with E-state index in [1.54, 1.807) is 55.5 Å². The van der Waals surface area contributed by atoms with Crippen LogP contribution >= 0.6 is 11.6 Å². The van der Waals surface area contributed by atoms with Crippen molar-refractivity contribution in [2.75, 3.05) is 7.11 Å². The lowest BCUT2D eigenvalue weighted by Crippen LogP contribution is -2.40. The van der Waals surface area contributed by atoms with Gasteiger partial charge in [-0.05, 0) is 55.8 Å². The number of aromatic hydroxyl groups is 1. The van der Waals surface area contributed by atoms with Crippen molar-refractivity contribution in [3.05, 3.63) is 77.1 Å². The number of nitrogens with zero attached hydrogens (tertiary/aromatic N) is 1. The molecule has 2 N–H and O–H groups in total. The molecule has 0 aliphatic heterocycles. The Balaban J connectivity index is 1.61. The Morgan fingerprint density at radius 1 is 1.06 bits per heavy atom. The summed E-state index contributed by atoms with van der Waals surface area (Å²) in [4.78, 5) is 28.8. The number of hydrogen-bond donors (Lipinski definition) is 2. The summed E-state index contributed by atoms with van der Waals surface area (Å²) in [5, 5.41) is 13.1. The maximum absolute atomic E-state index is 12.5. The maximum Gasteiger partial charge on any atom is 0.328 e. The van der Waals surface area contributed by atoms with Gasteiger partial charge in [0.15, 0.2) is 17.2 Å². The number of rotatable bonds is 8. The van der Waals surface area contributed by atoms with Crippen molar-refractivity contribution in [2.45, 2.75) is 26.0 Å². The molecule has 0 saturated carbocycles. The molecule has 1 heterocycles. The summed E-state index contributed by atoms with van der Waals surface area (Å²) in [6.45, 7) is 3.19. The summed E-state index contributed by atoms with van der Waals surface area (Å²) < 4.78 is 16.3. The number of hydrogen-bond acceptors (Lipinski definition) is 7. The first-order chi connectivity index (χ1) is 15.8. The van der Waals surface area contributed by atoms with E-state index in [2.05, 4.69) is 10.3 Å². The Bertz CT molecular complexity index is 1140. The van der Waals surface area contributed by atoms with Gasteiger partial charge in [0, 0.05) is 17.3 Å². The third-order valence-electron chi connectivity index (χ3n) is 4.69. The van der Waals surface area contributed by atoms with E-state index in [0.29, 0.717) is 22.1 Å². The standard InChI is InChI=1S/C24H23ClN2O6/c1-14(27-23(29)21-22(28)20(31-3)11-12-26-21)24(30)32-15(2)16-5-4-6-19(13-16)33-18-9-7-17(25)8-10-18/h4-15,28H,1-3H3,(H,27,29)/t14-,15-/m0/s1. The van der Waals surface area contributed by atoms with Crippen LogP contribution in [0.3, 0.4) is 0 Å². The van der Waals surface area contributed by atoms with Crippen molar-refractivity contribution in [3.63, 3.8) is 0 Å². The average molecular weight is 471 g/mol. The highest BCUT2D eigenvalue weighted by Gasteiger charge is 2.24. The van der Waals surface area contributed by atoms with Crippen molar-refractivity contribution >= 4 is 23.5 Å². The highest BCUT2D eigenvalue weighted by Crippen LogP contribution is 2.28. The topological polar surface area (TPSA) is 107 Å². The Morgan fingerprint density at radius 2 is 1.79 bits per heavy atom. The van der Waals surface area contributed by atoms with Crippen LogP contribution in [0.5, 0.6) is 23.0 Å². The lowest BCUT2D eigenvalue weighted by atomic mass is 10.1. The first-order valence-corrected chi connectivity index (χ1v) is 10.4. The Hall–Kier alpha value is -3.78. The second-order valence-corrected chi connectivity index (χ2v) is 7.55. The first kappa shape index (κ1) is 23.9. The van der Waals surface area contributed by atoms with Crippen LogP contribution in [-0.2, 0) is 9.53 Å². The lowest BCUT2D eigenvalue weighted by Gasteiger charge is -2.19. The SMILES string of the molecule is COc1ccnc(C(=O)N[C@@H](C)C(=O)O[C@@H](C)c2cccc(Oc3ccc(Cl)cc3)c2)c1O. The fourth-order valence-corrected chi connectivity index (χ4v) is 3.03. The molecule has 33 heavy (non-hydrogen) atoms. The third-order valence-corrected chi connectivity index (χ3v) is 4.95. The Morgan fingerprint density at radius 3 is 2.48 bits per heavy atom. The highest BCUT2D eigenvalue weighted by atomic mass is 35.5. The van der Waals surface area contributed by atoms with E-state index >= 15 is 0 Å². The largest absolute Gasteiger partial charge is 0.503 e. The zero-order valence-corrected chi connectivity index (χ0v) is 19.0. The summed E-state index contributed by atoms with van der Waals surface area (Å²) in [7, 11) is 1.35. The predicted octanol–water partition coefficient (Wildman–Crippen LogP) is 4.66. The summed E-state index contributed by atoms with van der Waals surface area (Å²) in [6.07, 6.45) is 0.714. The molecule has 2 aromatic carbocycles. The van der Waals surface area contributed by atoms with Crippen LogP contribution < -0.4 is 14.8 Å². The van der Waals surface area contributed by atoms with Crippen molar-refractivity contribution in [2.24, 2.45) is 0 Å². The molecule has 1 aromatic heterocycles. The van der Waals surface area contributed by atoms with Crippen LogP contribution in [0.15, 0.2) is 60.8 Å². The first-order valence-electron chi connectivity index (χ1n) is 10.0. The molecule has 0 fully saturated rings. The molecule has 2 atom stereocenters. The van der Waals surface area contributed by atoms with Gasteiger partial charge in [0.1, 0.15) is 23.6 Å². The zero-order valence-electron chi connectivity index (χ0n) is 18.2. The van der Waals surface area contributed by atoms with Crippen LogP contribution in [0, 0.1) is 0 Å². The monoisotopic (exact) mass is 470 g/mol. The molecule has 0 saturated heterocycles. The van der Waals surface area contributed by atoms with E-state index in [-0.39, 0.29) is 11.4 Å². The van der Waals surface area contributed by atoms with E-state index in [0.717, 1.165) is 0 Å². The number of esters is 1. The summed E-state index contributed by atoms with van der Waals surface area (Å²) in [6, 6.07) is 14.5. The minimum absolute atomic E-state index is 0.0969. The number of carbonyl (C=O) groups is 2. The molecule has 9 heteroatoms. The number of amides is 1. The fourth-order valence-electron chi connectivity index (χ4n) is 2.91. The minimum Gasteiger partial charge on any atom is -0.503 e. The Labute approximate surface area is 196 Å². The molecule has 0 aliphatic rings. The third kappa shape index (κ3) is 6.14. The molecule has 3 rings (SSSR count). The molecular weight excluding hydrogens is 448 g/mol. The molecule has 0 radical (unpaired) electrons. The molecular formula is C24H23ClN2O6. The van der Waals surface area contributed by atoms with E-state index < -0.39 is 29.8 Å². The highest BCUT2D eigenvalue weighted by molar-refractivity contribution is 6.30. The normalized spacial score (nSPS) is 12.4. The second kappa shape index (κ2) is 10.7. The molecule has 8 nitrogen and oxygen atoms in total. The number of aromatic nitrogens is 1. The van der Waals surface area contributed by atoms with Crippen molar-refractivity contribution in [1.82, 2.24) is 10.3 Å². The van der Waals surface area contributed by atoms with Gasteiger partial charge >= 0.3 is 5.97 Å². The van der Waals surface area contributed by atoms with Crippen LogP contribution in [0.2, 0.25) is 5.02 Å². The second-order valence-electron chi connectivity index (χ2n) is 7.11. The van der Waals surface area contributed by atoms with Gasteiger partial charge in [-0.15, -0.1) is 0 Å². The molecule has 172 valence electrons. The zero-order chi connectivity index (χ0) is 24.0. The van der Waals surface area contributed by atoms with Crippen LogP contribution in [0.25, 0.3) is 0 Å². The van der Waals surface area contributed by atoms with Crippen LogP contribution in [0.1, 0.15) is 36.0 Å². The molecule has 0 unspecified atom stereocenters. The number of carbonyl (C=O) groups excluding carboxylic acids is 2. The quantitative estimate of drug-likeness (QED) is 0.461. The number of nitrogens with one attached hydrogen (secondary N) is 1. The lowest BCUT2D eigenvalue weighted by molar-refractivity contribution is -0.150. The van der Waals surface area contributed by atoms with E-state index in [9.17, 15) is 14.7 Å². The summed E-state index contributed by atoms with van der Waals surface area (Å²) >= 11 is 5.89. The van der Waals surface area contributed by atoms with Gasteiger partial charge in [-0.3, -0.25) is 4.79 Å². The molecule has 1 amide bonds. The number of methoxy groups -OCH3 is 1. The smallest absolute Gasteiger partial charge is 0.328 e. The van der Waals surface area contributed by atoms with E-state index in [4.69, 9.17) is 25.8 Å².